The molecule has 0 radical (unpaired) electrons. The van der Waals surface area contributed by atoms with Crippen molar-refractivity contribution in [2.24, 2.45) is 0 Å². The summed E-state index contributed by atoms with van der Waals surface area (Å²) >= 11 is 0. The van der Waals surface area contributed by atoms with Gasteiger partial charge in [0.1, 0.15) is 11.0 Å². The van der Waals surface area contributed by atoms with Crippen molar-refractivity contribution in [3.8, 4) is 12.1 Å². The van der Waals surface area contributed by atoms with Gasteiger partial charge in [0.2, 0.25) is 0 Å². The van der Waals surface area contributed by atoms with Crippen LogP contribution < -0.4 is 0 Å². The van der Waals surface area contributed by atoms with E-state index in [9.17, 15) is 8.42 Å². The molecule has 6 heteroatoms. The number of nitrogens with zero attached hydrogens (tertiary/aromatic N) is 3. The lowest BCUT2D eigenvalue weighted by atomic mass is 10.1. The van der Waals surface area contributed by atoms with E-state index < -0.39 is 9.84 Å². The zero-order chi connectivity index (χ0) is 15.2. The second-order valence-electron chi connectivity index (χ2n) is 4.44. The first-order chi connectivity index (χ1) is 9.40. The maximum absolute atomic E-state index is 12.1. The Balaban J connectivity index is 3.17. The Morgan fingerprint density at radius 3 is 2.50 bits per heavy atom. The summed E-state index contributed by atoms with van der Waals surface area (Å²) in [6.07, 6.45) is 1.25. The molecule has 0 aliphatic carbocycles. The smallest absolute Gasteiger partial charge is 0.189 e. The number of nitriles is 2. The lowest BCUT2D eigenvalue weighted by Gasteiger charge is -2.09. The van der Waals surface area contributed by atoms with Crippen LogP contribution in [0.25, 0.3) is 6.08 Å². The third-order valence-corrected chi connectivity index (χ3v) is 4.22. The monoisotopic (exact) mass is 289 g/mol. The summed E-state index contributed by atoms with van der Waals surface area (Å²) in [5, 5.41) is 18.0. The van der Waals surface area contributed by atoms with Gasteiger partial charge in [-0.1, -0.05) is 18.2 Å². The van der Waals surface area contributed by atoms with Gasteiger partial charge in [-0.3, -0.25) is 0 Å². The fourth-order valence-corrected chi connectivity index (χ4v) is 2.74. The molecule has 0 saturated heterocycles. The van der Waals surface area contributed by atoms with E-state index in [1.54, 1.807) is 49.3 Å². The molecular weight excluding hydrogens is 274 g/mol. The molecule has 1 rings (SSSR count). The van der Waals surface area contributed by atoms with E-state index in [0.29, 0.717) is 17.7 Å². The van der Waals surface area contributed by atoms with Gasteiger partial charge < -0.3 is 4.90 Å². The molecule has 0 bridgehead atoms. The van der Waals surface area contributed by atoms with Crippen molar-refractivity contribution in [3.63, 3.8) is 0 Å². The minimum Gasteiger partial charge on any atom is -0.308 e. The van der Waals surface area contributed by atoms with E-state index in [2.05, 4.69) is 0 Å². The number of allylic oxidation sites excluding steroid dienone is 1. The van der Waals surface area contributed by atoms with Crippen LogP contribution in [0.1, 0.15) is 11.1 Å². The van der Waals surface area contributed by atoms with E-state index in [0.717, 1.165) is 0 Å². The Hall–Kier alpha value is -2.15. The van der Waals surface area contributed by atoms with Crippen LogP contribution in [0.2, 0.25) is 0 Å². The Morgan fingerprint density at radius 2 is 1.95 bits per heavy atom. The minimum absolute atomic E-state index is 0.131. The summed E-state index contributed by atoms with van der Waals surface area (Å²) < 4.78 is 24.1. The Morgan fingerprint density at radius 1 is 1.30 bits per heavy atom. The Kier molecular flexibility index (Phi) is 5.45. The van der Waals surface area contributed by atoms with Crippen molar-refractivity contribution in [2.75, 3.05) is 26.4 Å². The van der Waals surface area contributed by atoms with Gasteiger partial charge in [0, 0.05) is 6.54 Å². The van der Waals surface area contributed by atoms with E-state index in [-0.39, 0.29) is 10.7 Å². The third kappa shape index (κ3) is 4.20. The number of hydrogen-bond donors (Lipinski definition) is 0. The highest BCUT2D eigenvalue weighted by atomic mass is 32.2. The van der Waals surface area contributed by atoms with Gasteiger partial charge in [0.05, 0.1) is 17.4 Å². The first-order valence-corrected chi connectivity index (χ1v) is 7.54. The fraction of sp³-hybridized carbons (Fsp3) is 0.286. The molecule has 0 aromatic heterocycles. The van der Waals surface area contributed by atoms with Crippen LogP contribution >= 0.6 is 0 Å². The normalized spacial score (nSPS) is 11.9. The molecule has 0 saturated carbocycles. The molecule has 1 aromatic rings. The van der Waals surface area contributed by atoms with Crippen molar-refractivity contribution < 1.29 is 8.42 Å². The maximum Gasteiger partial charge on any atom is 0.189 e. The van der Waals surface area contributed by atoms with Gasteiger partial charge in [-0.2, -0.15) is 10.5 Å². The average Bonchev–Trinajstić information content (AvgIpc) is 2.42. The molecule has 0 heterocycles. The second-order valence-corrected chi connectivity index (χ2v) is 6.52. The molecule has 0 unspecified atom stereocenters. The average molecular weight is 289 g/mol. The summed E-state index contributed by atoms with van der Waals surface area (Å²) in [6.45, 7) is 0.335. The van der Waals surface area contributed by atoms with E-state index in [4.69, 9.17) is 10.5 Å². The van der Waals surface area contributed by atoms with Crippen LogP contribution in [-0.4, -0.2) is 39.7 Å². The molecule has 20 heavy (non-hydrogen) atoms. The first kappa shape index (κ1) is 15.9. The number of benzene rings is 1. The number of rotatable bonds is 5. The van der Waals surface area contributed by atoms with E-state index in [1.807, 2.05) is 6.07 Å². The summed E-state index contributed by atoms with van der Waals surface area (Å²) in [6, 6.07) is 10.2. The van der Waals surface area contributed by atoms with Gasteiger partial charge >= 0.3 is 0 Å². The lowest BCUT2D eigenvalue weighted by molar-refractivity contribution is 0.433. The van der Waals surface area contributed by atoms with Gasteiger partial charge in [0.15, 0.2) is 9.84 Å². The fourth-order valence-electron chi connectivity index (χ4n) is 1.47. The molecule has 0 spiro atoms. The molecule has 104 valence electrons. The molecular formula is C14H15N3O2S. The Labute approximate surface area is 119 Å². The molecule has 0 amide bonds. The molecule has 0 aliphatic rings. The van der Waals surface area contributed by atoms with Crippen molar-refractivity contribution in [2.45, 2.75) is 0 Å². The zero-order valence-corrected chi connectivity index (χ0v) is 12.2. The molecule has 0 fully saturated rings. The van der Waals surface area contributed by atoms with E-state index in [1.165, 1.54) is 6.08 Å². The highest BCUT2D eigenvalue weighted by molar-refractivity contribution is 7.95. The van der Waals surface area contributed by atoms with Crippen LogP contribution in [0.4, 0.5) is 0 Å². The molecule has 1 aromatic carbocycles. The summed E-state index contributed by atoms with van der Waals surface area (Å²) in [5.74, 6) is -0.131. The van der Waals surface area contributed by atoms with Crippen molar-refractivity contribution >= 4 is 15.9 Å². The molecule has 5 nitrogen and oxygen atoms in total. The van der Waals surface area contributed by atoms with Crippen LogP contribution in [0.3, 0.4) is 0 Å². The Bertz CT molecular complexity index is 692. The van der Waals surface area contributed by atoms with Crippen molar-refractivity contribution in [3.05, 3.63) is 40.3 Å². The van der Waals surface area contributed by atoms with Crippen LogP contribution in [0, 0.1) is 22.7 Å². The largest absolute Gasteiger partial charge is 0.308 e. The highest BCUT2D eigenvalue weighted by Crippen LogP contribution is 2.16. The first-order valence-electron chi connectivity index (χ1n) is 5.89. The number of hydrogen-bond acceptors (Lipinski definition) is 5. The van der Waals surface area contributed by atoms with E-state index >= 15 is 0 Å². The lowest BCUT2D eigenvalue weighted by Crippen LogP contribution is -2.22. The predicted molar refractivity (Wildman–Crippen MR) is 77.1 cm³/mol. The standard InChI is InChI=1S/C14H15N3O2S/c1-17(2)7-8-20(18,19)14(11-16)9-12-5-3-4-6-13(12)10-15/h3-6,9H,7-8H2,1-2H3. The van der Waals surface area contributed by atoms with Crippen LogP contribution in [0.5, 0.6) is 0 Å². The molecule has 0 N–H and O–H groups in total. The van der Waals surface area contributed by atoms with Gasteiger partial charge in [-0.25, -0.2) is 8.42 Å². The van der Waals surface area contributed by atoms with Crippen molar-refractivity contribution in [1.29, 1.82) is 10.5 Å². The van der Waals surface area contributed by atoms with Gasteiger partial charge in [-0.05, 0) is 31.8 Å². The van der Waals surface area contributed by atoms with Crippen LogP contribution in [-0.2, 0) is 9.84 Å². The van der Waals surface area contributed by atoms with Crippen LogP contribution in [0.15, 0.2) is 29.2 Å². The molecule has 0 aliphatic heterocycles. The summed E-state index contributed by atoms with van der Waals surface area (Å²) in [5.41, 5.74) is 0.767. The van der Waals surface area contributed by atoms with Crippen molar-refractivity contribution in [1.82, 2.24) is 4.90 Å². The highest BCUT2D eigenvalue weighted by Gasteiger charge is 2.18. The minimum atomic E-state index is -3.64. The zero-order valence-electron chi connectivity index (χ0n) is 11.4. The van der Waals surface area contributed by atoms with Gasteiger partial charge in [0.25, 0.3) is 0 Å². The third-order valence-electron chi connectivity index (χ3n) is 2.62. The second kappa shape index (κ2) is 6.85. The summed E-state index contributed by atoms with van der Waals surface area (Å²) in [7, 11) is -0.121. The quantitative estimate of drug-likeness (QED) is 0.765. The summed E-state index contributed by atoms with van der Waals surface area (Å²) in [4.78, 5) is 1.41. The topological polar surface area (TPSA) is 85.0 Å². The SMILES string of the molecule is CN(C)CCS(=O)(=O)C(C#N)=Cc1ccccc1C#N. The maximum atomic E-state index is 12.1. The number of sulfone groups is 1. The van der Waals surface area contributed by atoms with Gasteiger partial charge in [-0.15, -0.1) is 0 Å². The predicted octanol–water partition coefficient (Wildman–Crippen LogP) is 1.40. The molecule has 0 atom stereocenters.